The van der Waals surface area contributed by atoms with Crippen molar-refractivity contribution in [2.45, 2.75) is 0 Å². The van der Waals surface area contributed by atoms with Crippen molar-refractivity contribution in [1.29, 1.82) is 0 Å². The van der Waals surface area contributed by atoms with Gasteiger partial charge in [-0.2, -0.15) is 15.0 Å². The van der Waals surface area contributed by atoms with Gasteiger partial charge < -0.3 is 25.0 Å². The Morgan fingerprint density at radius 2 is 1.46 bits per heavy atom. The molecule has 2 aliphatic rings. The van der Waals surface area contributed by atoms with Crippen LogP contribution in [0.5, 0.6) is 0 Å². The van der Waals surface area contributed by atoms with Gasteiger partial charge in [0.25, 0.3) is 5.95 Å². The lowest BCUT2D eigenvalue weighted by Gasteiger charge is -2.31. The maximum Gasteiger partial charge on any atom is 0.331 e. The summed E-state index contributed by atoms with van der Waals surface area (Å²) in [4.78, 5) is 28.7. The number of hydrogen-bond acceptors (Lipinski definition) is 9. The van der Waals surface area contributed by atoms with Crippen LogP contribution in [0.15, 0.2) is 0 Å². The lowest BCUT2D eigenvalue weighted by molar-refractivity contribution is 0.121. The molecule has 0 bridgehead atoms. The van der Waals surface area contributed by atoms with Crippen molar-refractivity contribution < 1.29 is 14.3 Å². The van der Waals surface area contributed by atoms with E-state index >= 15 is 0 Å². The lowest BCUT2D eigenvalue weighted by atomic mass is 10.4. The minimum absolute atomic E-state index is 0.326. The third kappa shape index (κ3) is 3.92. The van der Waals surface area contributed by atoms with Crippen LogP contribution in [0, 0.1) is 0 Å². The highest BCUT2D eigenvalue weighted by Gasteiger charge is 2.22. The summed E-state index contributed by atoms with van der Waals surface area (Å²) in [6.07, 6.45) is 0. The van der Waals surface area contributed by atoms with Crippen molar-refractivity contribution in [3.05, 3.63) is 0 Å². The predicted octanol–water partition coefficient (Wildman–Crippen LogP) is -1.44. The summed E-state index contributed by atoms with van der Waals surface area (Å²) in [7, 11) is 1.63. The van der Waals surface area contributed by atoms with Crippen molar-refractivity contribution in [2.24, 2.45) is 5.73 Å². The average Bonchev–Trinajstić information content (AvgIpc) is 2.62. The topological polar surface area (TPSA) is 122 Å². The van der Waals surface area contributed by atoms with E-state index < -0.39 is 6.03 Å². The molecule has 2 aliphatic heterocycles. The molecule has 2 saturated heterocycles. The summed E-state index contributed by atoms with van der Waals surface area (Å²) in [6, 6.07) is -0.682. The Hall–Kier alpha value is -2.40. The zero-order valence-electron chi connectivity index (χ0n) is 13.6. The first kappa shape index (κ1) is 16.5. The van der Waals surface area contributed by atoms with Crippen molar-refractivity contribution >= 4 is 23.9 Å². The minimum Gasteiger partial charge on any atom is -0.378 e. The molecule has 11 heteroatoms. The van der Waals surface area contributed by atoms with Gasteiger partial charge >= 0.3 is 6.03 Å². The van der Waals surface area contributed by atoms with Crippen molar-refractivity contribution in [1.82, 2.24) is 20.4 Å². The number of ether oxygens (including phenoxy) is 2. The third-order valence-electron chi connectivity index (χ3n) is 3.77. The van der Waals surface area contributed by atoms with E-state index in [1.807, 2.05) is 9.80 Å². The summed E-state index contributed by atoms with van der Waals surface area (Å²) >= 11 is 0. The smallest absolute Gasteiger partial charge is 0.331 e. The van der Waals surface area contributed by atoms with E-state index in [9.17, 15) is 4.79 Å². The number of anilines is 3. The molecular formula is C13H22N8O3. The van der Waals surface area contributed by atoms with E-state index in [2.05, 4.69) is 20.4 Å². The van der Waals surface area contributed by atoms with Crippen LogP contribution >= 0.6 is 0 Å². The lowest BCUT2D eigenvalue weighted by Crippen LogP contribution is -2.45. The summed E-state index contributed by atoms with van der Waals surface area (Å²) in [6.45, 7) is 5.34. The molecule has 0 atom stereocenters. The number of carbonyl (C=O) groups excluding carboxylic acids is 1. The number of hydrogen-bond donors (Lipinski definition) is 2. The fraction of sp³-hybridized carbons (Fsp3) is 0.692. The van der Waals surface area contributed by atoms with Crippen LogP contribution in [0.3, 0.4) is 0 Å². The zero-order chi connectivity index (χ0) is 16.9. The normalized spacial score (nSPS) is 18.4. The summed E-state index contributed by atoms with van der Waals surface area (Å²) in [5, 5.41) is 1.39. The highest BCUT2D eigenvalue weighted by atomic mass is 16.5. The Kier molecular flexibility index (Phi) is 5.11. The molecule has 132 valence electrons. The SMILES string of the molecule is CN(NC(N)=O)c1nc(N2CCOCC2)nc(N2CCOCC2)n1. The van der Waals surface area contributed by atoms with Crippen LogP contribution in [0.1, 0.15) is 0 Å². The van der Waals surface area contributed by atoms with Gasteiger partial charge in [-0.15, -0.1) is 0 Å². The first-order valence-electron chi connectivity index (χ1n) is 7.85. The number of hydrazine groups is 1. The molecule has 0 spiro atoms. The molecule has 11 nitrogen and oxygen atoms in total. The molecule has 1 aromatic heterocycles. The molecule has 0 unspecified atom stereocenters. The van der Waals surface area contributed by atoms with Gasteiger partial charge in [-0.25, -0.2) is 10.2 Å². The summed E-state index contributed by atoms with van der Waals surface area (Å²) in [5.74, 6) is 1.44. The van der Waals surface area contributed by atoms with Gasteiger partial charge in [-0.1, -0.05) is 0 Å². The van der Waals surface area contributed by atoms with Crippen molar-refractivity contribution in [3.63, 3.8) is 0 Å². The molecule has 2 amide bonds. The Morgan fingerprint density at radius 3 is 1.88 bits per heavy atom. The van der Waals surface area contributed by atoms with Crippen LogP contribution in [-0.2, 0) is 9.47 Å². The quantitative estimate of drug-likeness (QED) is 0.636. The second-order valence-corrected chi connectivity index (χ2v) is 5.47. The second-order valence-electron chi connectivity index (χ2n) is 5.47. The molecule has 1 aromatic rings. The zero-order valence-corrected chi connectivity index (χ0v) is 13.6. The highest BCUT2D eigenvalue weighted by Crippen LogP contribution is 2.19. The van der Waals surface area contributed by atoms with Crippen LogP contribution in [0.2, 0.25) is 0 Å². The van der Waals surface area contributed by atoms with Gasteiger partial charge in [-0.3, -0.25) is 5.01 Å². The van der Waals surface area contributed by atoms with Gasteiger partial charge in [0.05, 0.1) is 26.4 Å². The van der Waals surface area contributed by atoms with Gasteiger partial charge in [0.15, 0.2) is 0 Å². The van der Waals surface area contributed by atoms with E-state index in [0.717, 1.165) is 0 Å². The molecule has 0 aliphatic carbocycles. The van der Waals surface area contributed by atoms with Gasteiger partial charge in [0, 0.05) is 33.2 Å². The van der Waals surface area contributed by atoms with Crippen LogP contribution in [0.25, 0.3) is 0 Å². The molecular weight excluding hydrogens is 316 g/mol. The molecule has 3 heterocycles. The number of morpholine rings is 2. The molecule has 2 fully saturated rings. The molecule has 24 heavy (non-hydrogen) atoms. The third-order valence-corrected chi connectivity index (χ3v) is 3.77. The number of nitrogens with zero attached hydrogens (tertiary/aromatic N) is 6. The maximum atomic E-state index is 11.1. The first-order valence-corrected chi connectivity index (χ1v) is 7.85. The number of carbonyl (C=O) groups is 1. The first-order chi connectivity index (χ1) is 11.6. The number of nitrogens with one attached hydrogen (secondary N) is 1. The summed E-state index contributed by atoms with van der Waals surface area (Å²) < 4.78 is 10.7. The number of primary amides is 1. The van der Waals surface area contributed by atoms with E-state index in [-0.39, 0.29) is 0 Å². The summed E-state index contributed by atoms with van der Waals surface area (Å²) in [5.41, 5.74) is 7.63. The highest BCUT2D eigenvalue weighted by molar-refractivity contribution is 5.73. The van der Waals surface area contributed by atoms with Crippen LogP contribution in [0.4, 0.5) is 22.6 Å². The number of amides is 2. The van der Waals surface area contributed by atoms with Gasteiger partial charge in [0.2, 0.25) is 11.9 Å². The Balaban J connectivity index is 1.89. The number of aromatic nitrogens is 3. The van der Waals surface area contributed by atoms with Crippen molar-refractivity contribution in [3.8, 4) is 0 Å². The largest absolute Gasteiger partial charge is 0.378 e. The predicted molar refractivity (Wildman–Crippen MR) is 87.0 cm³/mol. The molecule has 3 rings (SSSR count). The number of urea groups is 1. The van der Waals surface area contributed by atoms with Gasteiger partial charge in [-0.05, 0) is 0 Å². The van der Waals surface area contributed by atoms with E-state index in [0.29, 0.717) is 70.5 Å². The number of rotatable bonds is 4. The average molecular weight is 338 g/mol. The van der Waals surface area contributed by atoms with Gasteiger partial charge in [0.1, 0.15) is 0 Å². The fourth-order valence-corrected chi connectivity index (χ4v) is 2.52. The molecule has 0 saturated carbocycles. The maximum absolute atomic E-state index is 11.1. The Morgan fingerprint density at radius 1 is 1.00 bits per heavy atom. The fourth-order valence-electron chi connectivity index (χ4n) is 2.52. The molecule has 0 radical (unpaired) electrons. The number of nitrogens with two attached hydrogens (primary N) is 1. The Bertz CT molecular complexity index is 538. The monoisotopic (exact) mass is 338 g/mol. The second kappa shape index (κ2) is 7.45. The molecule has 3 N–H and O–H groups in total. The van der Waals surface area contributed by atoms with Crippen LogP contribution < -0.4 is 26.0 Å². The minimum atomic E-state index is -0.682. The van der Waals surface area contributed by atoms with E-state index in [4.69, 9.17) is 15.2 Å². The van der Waals surface area contributed by atoms with Crippen molar-refractivity contribution in [2.75, 3.05) is 74.5 Å². The van der Waals surface area contributed by atoms with Crippen LogP contribution in [-0.4, -0.2) is 80.6 Å². The standard InChI is InChI=1S/C13H22N8O3/c1-19(18-10(14)22)11-15-12(20-2-6-23-7-3-20)17-13(16-11)21-4-8-24-9-5-21/h2-9H2,1H3,(H3,14,18,22). The van der Waals surface area contributed by atoms with E-state index in [1.54, 1.807) is 7.05 Å². The molecule has 0 aromatic carbocycles. The Labute approximate surface area is 139 Å². The van der Waals surface area contributed by atoms with E-state index in [1.165, 1.54) is 5.01 Å².